The number of ether oxygens (including phenoxy) is 1. The molecule has 1 fully saturated rings. The van der Waals surface area contributed by atoms with Gasteiger partial charge in [0.25, 0.3) is 0 Å². The Balaban J connectivity index is 1.41. The Labute approximate surface area is 137 Å². The summed E-state index contributed by atoms with van der Waals surface area (Å²) in [6, 6.07) is 8.45. The SMILES string of the molecule is Clc1cncc(OCC2CN(Cc3ccc(Br)cc3)C2)n1. The summed E-state index contributed by atoms with van der Waals surface area (Å²) in [5.74, 6) is 1.04. The molecule has 1 aliphatic rings. The van der Waals surface area contributed by atoms with Crippen molar-refractivity contribution in [3.05, 3.63) is 51.8 Å². The van der Waals surface area contributed by atoms with E-state index in [1.165, 1.54) is 11.8 Å². The molecule has 0 spiro atoms. The average Bonchev–Trinajstić information content (AvgIpc) is 2.43. The normalized spacial score (nSPS) is 15.7. The summed E-state index contributed by atoms with van der Waals surface area (Å²) in [4.78, 5) is 10.4. The summed E-state index contributed by atoms with van der Waals surface area (Å²) >= 11 is 9.22. The molecule has 1 aliphatic heterocycles. The van der Waals surface area contributed by atoms with Crippen LogP contribution in [0.4, 0.5) is 0 Å². The first kappa shape index (κ1) is 14.8. The zero-order valence-corrected chi connectivity index (χ0v) is 13.7. The molecule has 0 saturated carbocycles. The minimum Gasteiger partial charge on any atom is -0.476 e. The van der Waals surface area contributed by atoms with Crippen molar-refractivity contribution in [2.75, 3.05) is 19.7 Å². The van der Waals surface area contributed by atoms with E-state index in [-0.39, 0.29) is 0 Å². The van der Waals surface area contributed by atoms with Crippen LogP contribution in [0.2, 0.25) is 5.15 Å². The third-order valence-electron chi connectivity index (χ3n) is 3.40. The van der Waals surface area contributed by atoms with Crippen molar-refractivity contribution in [2.45, 2.75) is 6.54 Å². The van der Waals surface area contributed by atoms with E-state index >= 15 is 0 Å². The second kappa shape index (κ2) is 6.73. The molecule has 0 N–H and O–H groups in total. The van der Waals surface area contributed by atoms with E-state index in [0.717, 1.165) is 24.1 Å². The van der Waals surface area contributed by atoms with Gasteiger partial charge in [-0.05, 0) is 17.7 Å². The highest BCUT2D eigenvalue weighted by Crippen LogP contribution is 2.21. The Morgan fingerprint density at radius 1 is 1.24 bits per heavy atom. The van der Waals surface area contributed by atoms with Crippen LogP contribution < -0.4 is 4.74 Å². The third-order valence-corrected chi connectivity index (χ3v) is 4.11. The van der Waals surface area contributed by atoms with Gasteiger partial charge in [-0.2, -0.15) is 4.98 Å². The predicted molar refractivity (Wildman–Crippen MR) is 85.4 cm³/mol. The van der Waals surface area contributed by atoms with E-state index in [2.05, 4.69) is 55.1 Å². The first-order chi connectivity index (χ1) is 10.2. The Bertz CT molecular complexity index is 602. The lowest BCUT2D eigenvalue weighted by Crippen LogP contribution is -2.48. The highest BCUT2D eigenvalue weighted by Gasteiger charge is 2.27. The average molecular weight is 369 g/mol. The van der Waals surface area contributed by atoms with Crippen LogP contribution in [0, 0.1) is 5.92 Å². The molecule has 0 atom stereocenters. The molecular formula is C15H15BrClN3O. The Morgan fingerprint density at radius 3 is 2.71 bits per heavy atom. The maximum atomic E-state index is 5.77. The highest BCUT2D eigenvalue weighted by atomic mass is 79.9. The first-order valence-electron chi connectivity index (χ1n) is 6.76. The van der Waals surface area contributed by atoms with E-state index in [1.807, 2.05) is 0 Å². The summed E-state index contributed by atoms with van der Waals surface area (Å²) in [6.45, 7) is 3.74. The molecule has 1 aromatic heterocycles. The van der Waals surface area contributed by atoms with Gasteiger partial charge in [-0.1, -0.05) is 39.7 Å². The molecule has 0 aliphatic carbocycles. The second-order valence-electron chi connectivity index (χ2n) is 5.18. The molecular weight excluding hydrogens is 354 g/mol. The van der Waals surface area contributed by atoms with Crippen molar-refractivity contribution < 1.29 is 4.74 Å². The molecule has 4 nitrogen and oxygen atoms in total. The van der Waals surface area contributed by atoms with Gasteiger partial charge in [-0.15, -0.1) is 0 Å². The molecule has 3 rings (SSSR count). The highest BCUT2D eigenvalue weighted by molar-refractivity contribution is 9.10. The minimum absolute atomic E-state index is 0.359. The Hall–Kier alpha value is -1.17. The molecule has 110 valence electrons. The monoisotopic (exact) mass is 367 g/mol. The van der Waals surface area contributed by atoms with Gasteiger partial charge >= 0.3 is 0 Å². The quantitative estimate of drug-likeness (QED) is 0.811. The van der Waals surface area contributed by atoms with Gasteiger partial charge in [0, 0.05) is 30.0 Å². The van der Waals surface area contributed by atoms with Gasteiger partial charge in [0.1, 0.15) is 0 Å². The Kier molecular flexibility index (Phi) is 4.73. The van der Waals surface area contributed by atoms with Crippen molar-refractivity contribution in [3.63, 3.8) is 0 Å². The van der Waals surface area contributed by atoms with Crippen molar-refractivity contribution in [1.29, 1.82) is 0 Å². The van der Waals surface area contributed by atoms with Crippen LogP contribution in [-0.4, -0.2) is 34.6 Å². The van der Waals surface area contributed by atoms with Crippen LogP contribution in [0.1, 0.15) is 5.56 Å². The number of nitrogens with zero attached hydrogens (tertiary/aromatic N) is 3. The number of benzene rings is 1. The largest absolute Gasteiger partial charge is 0.476 e. The topological polar surface area (TPSA) is 38.2 Å². The lowest BCUT2D eigenvalue weighted by molar-refractivity contribution is 0.0543. The Morgan fingerprint density at radius 2 is 2.00 bits per heavy atom. The molecule has 0 unspecified atom stereocenters. The van der Waals surface area contributed by atoms with Crippen LogP contribution in [-0.2, 0) is 6.54 Å². The molecule has 0 amide bonds. The minimum atomic E-state index is 0.359. The number of halogens is 2. The number of aromatic nitrogens is 2. The second-order valence-corrected chi connectivity index (χ2v) is 6.48. The molecule has 2 heterocycles. The van der Waals surface area contributed by atoms with E-state index in [1.54, 1.807) is 6.20 Å². The van der Waals surface area contributed by atoms with Gasteiger partial charge in [0.05, 0.1) is 19.0 Å². The summed E-state index contributed by atoms with van der Waals surface area (Å²) in [6.07, 6.45) is 3.09. The number of hydrogen-bond acceptors (Lipinski definition) is 4. The zero-order chi connectivity index (χ0) is 14.7. The molecule has 1 aromatic carbocycles. The smallest absolute Gasteiger partial charge is 0.233 e. The third kappa shape index (κ3) is 4.15. The molecule has 1 saturated heterocycles. The van der Waals surface area contributed by atoms with E-state index in [0.29, 0.717) is 23.6 Å². The van der Waals surface area contributed by atoms with Crippen molar-refractivity contribution in [3.8, 4) is 5.88 Å². The summed E-state index contributed by atoms with van der Waals surface area (Å²) in [5.41, 5.74) is 1.33. The van der Waals surface area contributed by atoms with Crippen molar-refractivity contribution in [1.82, 2.24) is 14.9 Å². The van der Waals surface area contributed by atoms with Crippen LogP contribution >= 0.6 is 27.5 Å². The van der Waals surface area contributed by atoms with E-state index < -0.39 is 0 Å². The molecule has 0 bridgehead atoms. The van der Waals surface area contributed by atoms with Gasteiger partial charge < -0.3 is 4.74 Å². The lowest BCUT2D eigenvalue weighted by Gasteiger charge is -2.38. The van der Waals surface area contributed by atoms with Crippen LogP contribution in [0.15, 0.2) is 41.1 Å². The van der Waals surface area contributed by atoms with Crippen LogP contribution in [0.5, 0.6) is 5.88 Å². The summed E-state index contributed by atoms with van der Waals surface area (Å²) in [7, 11) is 0. The maximum absolute atomic E-state index is 5.77. The van der Waals surface area contributed by atoms with Crippen molar-refractivity contribution in [2.24, 2.45) is 5.92 Å². The molecule has 2 aromatic rings. The van der Waals surface area contributed by atoms with Crippen LogP contribution in [0.3, 0.4) is 0 Å². The molecule has 0 radical (unpaired) electrons. The van der Waals surface area contributed by atoms with E-state index in [9.17, 15) is 0 Å². The molecule has 21 heavy (non-hydrogen) atoms. The fourth-order valence-corrected chi connectivity index (χ4v) is 2.76. The van der Waals surface area contributed by atoms with Gasteiger partial charge in [0.15, 0.2) is 5.15 Å². The van der Waals surface area contributed by atoms with E-state index in [4.69, 9.17) is 16.3 Å². The van der Waals surface area contributed by atoms with Crippen molar-refractivity contribution >= 4 is 27.5 Å². The van der Waals surface area contributed by atoms with Crippen LogP contribution in [0.25, 0.3) is 0 Å². The van der Waals surface area contributed by atoms with Gasteiger partial charge in [-0.3, -0.25) is 9.88 Å². The number of rotatable bonds is 5. The first-order valence-corrected chi connectivity index (χ1v) is 7.93. The summed E-state index contributed by atoms with van der Waals surface area (Å²) in [5, 5.41) is 0.359. The maximum Gasteiger partial charge on any atom is 0.233 e. The lowest BCUT2D eigenvalue weighted by atomic mass is 10.0. The summed E-state index contributed by atoms with van der Waals surface area (Å²) < 4.78 is 6.73. The zero-order valence-electron chi connectivity index (χ0n) is 11.4. The van der Waals surface area contributed by atoms with Gasteiger partial charge in [0.2, 0.25) is 5.88 Å². The predicted octanol–water partition coefficient (Wildman–Crippen LogP) is 3.40. The molecule has 6 heteroatoms. The fourth-order valence-electron chi connectivity index (χ4n) is 2.36. The van der Waals surface area contributed by atoms with Gasteiger partial charge in [-0.25, -0.2) is 0 Å². The standard InChI is InChI=1S/C15H15BrClN3O/c16-13-3-1-11(2-4-13)7-20-8-12(9-20)10-21-15-6-18-5-14(17)19-15/h1-6,12H,7-10H2. The number of hydrogen-bond donors (Lipinski definition) is 0. The fraction of sp³-hybridized carbons (Fsp3) is 0.333. The number of likely N-dealkylation sites (tertiary alicyclic amines) is 1.